The summed E-state index contributed by atoms with van der Waals surface area (Å²) in [7, 11) is 0. The van der Waals surface area contributed by atoms with E-state index < -0.39 is 0 Å². The second-order valence-electron chi connectivity index (χ2n) is 5.40. The summed E-state index contributed by atoms with van der Waals surface area (Å²) >= 11 is 0. The fraction of sp³-hybridized carbons (Fsp3) is 0.500. The first-order valence-corrected chi connectivity index (χ1v) is 7.43. The van der Waals surface area contributed by atoms with Crippen LogP contribution in [-0.2, 0) is 9.53 Å². The highest BCUT2D eigenvalue weighted by Gasteiger charge is 2.28. The maximum Gasteiger partial charge on any atom is 0.308 e. The summed E-state index contributed by atoms with van der Waals surface area (Å²) in [4.78, 5) is 23.8. The molecule has 1 saturated carbocycles. The van der Waals surface area contributed by atoms with Gasteiger partial charge in [0, 0.05) is 17.3 Å². The Morgan fingerprint density at radius 1 is 1.27 bits per heavy atom. The molecule has 1 amide bonds. The molecule has 0 radical (unpaired) electrons. The van der Waals surface area contributed by atoms with Crippen LogP contribution in [0.3, 0.4) is 0 Å². The summed E-state index contributed by atoms with van der Waals surface area (Å²) in [6, 6.07) is 7.04. The number of esters is 1. The van der Waals surface area contributed by atoms with Gasteiger partial charge in [-0.25, -0.2) is 0 Å². The molecule has 122 valence electrons. The van der Waals surface area contributed by atoms with Crippen LogP contribution in [0.5, 0.6) is 0 Å². The molecule has 0 heterocycles. The molecule has 5 nitrogen and oxygen atoms in total. The number of carbonyl (C=O) groups excluding carboxylic acids is 2. The molecular weight excluding hydrogens is 304 g/mol. The lowest BCUT2D eigenvalue weighted by Gasteiger charge is -2.27. The van der Waals surface area contributed by atoms with Crippen molar-refractivity contribution in [3.8, 4) is 0 Å². The maximum atomic E-state index is 12.1. The average Bonchev–Trinajstić information content (AvgIpc) is 2.48. The van der Waals surface area contributed by atoms with Crippen LogP contribution in [0.15, 0.2) is 24.3 Å². The van der Waals surface area contributed by atoms with Crippen molar-refractivity contribution in [1.82, 2.24) is 5.32 Å². The monoisotopic (exact) mass is 326 g/mol. The molecule has 1 aromatic rings. The highest BCUT2D eigenvalue weighted by Crippen LogP contribution is 2.25. The Balaban J connectivity index is 0.00000242. The van der Waals surface area contributed by atoms with Gasteiger partial charge in [-0.2, -0.15) is 0 Å². The van der Waals surface area contributed by atoms with Crippen LogP contribution in [0.25, 0.3) is 0 Å². The molecule has 6 heteroatoms. The van der Waals surface area contributed by atoms with Crippen LogP contribution in [-0.4, -0.2) is 24.5 Å². The minimum atomic E-state index is -0.113. The van der Waals surface area contributed by atoms with E-state index >= 15 is 0 Å². The van der Waals surface area contributed by atoms with Crippen LogP contribution >= 0.6 is 12.4 Å². The average molecular weight is 327 g/mol. The Kier molecular flexibility index (Phi) is 7.18. The predicted octanol–water partition coefficient (Wildman–Crippen LogP) is 2.54. The Morgan fingerprint density at radius 2 is 1.95 bits per heavy atom. The third-order valence-electron chi connectivity index (χ3n) is 3.83. The standard InChI is InChI=1S/C16H22N2O3.ClH/c1-2-21-16(20)11-6-8-14(9-7-11)18-15(19)12-4-3-5-13(17)10-12;/h3-5,10-11,14H,2,6-9,17H2,1H3,(H,18,19);1H. The molecule has 2 rings (SSSR count). The second-order valence-corrected chi connectivity index (χ2v) is 5.40. The number of hydrogen-bond acceptors (Lipinski definition) is 4. The number of nitrogens with one attached hydrogen (secondary N) is 1. The maximum absolute atomic E-state index is 12.1. The summed E-state index contributed by atoms with van der Waals surface area (Å²) < 4.78 is 5.04. The van der Waals surface area contributed by atoms with Crippen molar-refractivity contribution < 1.29 is 14.3 Å². The molecule has 0 aromatic heterocycles. The van der Waals surface area contributed by atoms with Crippen LogP contribution in [0, 0.1) is 5.92 Å². The van der Waals surface area contributed by atoms with E-state index in [9.17, 15) is 9.59 Å². The molecule has 1 fully saturated rings. The highest BCUT2D eigenvalue weighted by molar-refractivity contribution is 5.95. The molecule has 1 aliphatic carbocycles. The summed E-state index contributed by atoms with van der Waals surface area (Å²) in [5.41, 5.74) is 6.83. The summed E-state index contributed by atoms with van der Waals surface area (Å²) in [5.74, 6) is -0.245. The van der Waals surface area contributed by atoms with Crippen LogP contribution in [0.4, 0.5) is 5.69 Å². The molecular formula is C16H23ClN2O3. The smallest absolute Gasteiger partial charge is 0.308 e. The largest absolute Gasteiger partial charge is 0.466 e. The van der Waals surface area contributed by atoms with Gasteiger partial charge in [-0.15, -0.1) is 12.4 Å². The normalized spacial score (nSPS) is 20.6. The first-order valence-electron chi connectivity index (χ1n) is 7.43. The van der Waals surface area contributed by atoms with Gasteiger partial charge in [0.25, 0.3) is 5.91 Å². The lowest BCUT2D eigenvalue weighted by Crippen LogP contribution is -2.39. The minimum Gasteiger partial charge on any atom is -0.466 e. The van der Waals surface area contributed by atoms with E-state index in [2.05, 4.69) is 5.32 Å². The van der Waals surface area contributed by atoms with Crippen LogP contribution in [0.2, 0.25) is 0 Å². The molecule has 0 atom stereocenters. The summed E-state index contributed by atoms with van der Waals surface area (Å²) in [6.07, 6.45) is 3.14. The number of halogens is 1. The van der Waals surface area contributed by atoms with Gasteiger partial charge in [0.1, 0.15) is 0 Å². The molecule has 0 saturated heterocycles. The first kappa shape index (κ1) is 18.3. The van der Waals surface area contributed by atoms with Gasteiger partial charge in [-0.3, -0.25) is 9.59 Å². The number of rotatable bonds is 4. The van der Waals surface area contributed by atoms with Gasteiger partial charge in [0.2, 0.25) is 0 Å². The van der Waals surface area contributed by atoms with E-state index in [0.29, 0.717) is 17.9 Å². The number of anilines is 1. The van der Waals surface area contributed by atoms with Crippen molar-refractivity contribution >= 4 is 30.0 Å². The topological polar surface area (TPSA) is 81.4 Å². The lowest BCUT2D eigenvalue weighted by atomic mass is 9.86. The zero-order chi connectivity index (χ0) is 15.2. The predicted molar refractivity (Wildman–Crippen MR) is 87.9 cm³/mol. The minimum absolute atomic E-state index is 0. The molecule has 1 aliphatic rings. The van der Waals surface area contributed by atoms with Crippen LogP contribution in [0.1, 0.15) is 43.0 Å². The molecule has 0 bridgehead atoms. The van der Waals surface area contributed by atoms with E-state index in [1.807, 2.05) is 6.92 Å². The Bertz CT molecular complexity index is 514. The Hall–Kier alpha value is -1.75. The number of nitrogens with two attached hydrogens (primary N) is 1. The molecule has 0 unspecified atom stereocenters. The second kappa shape index (κ2) is 8.63. The van der Waals surface area contributed by atoms with Crippen molar-refractivity contribution in [3.63, 3.8) is 0 Å². The number of nitrogen functional groups attached to an aromatic ring is 1. The van der Waals surface area contributed by atoms with Gasteiger partial charge in [-0.1, -0.05) is 6.07 Å². The molecule has 3 N–H and O–H groups in total. The van der Waals surface area contributed by atoms with Crippen molar-refractivity contribution in [2.75, 3.05) is 12.3 Å². The van der Waals surface area contributed by atoms with Crippen molar-refractivity contribution in [2.45, 2.75) is 38.6 Å². The first-order chi connectivity index (χ1) is 10.1. The van der Waals surface area contributed by atoms with Gasteiger partial charge in [0.15, 0.2) is 0 Å². The van der Waals surface area contributed by atoms with E-state index in [-0.39, 0.29) is 36.2 Å². The lowest BCUT2D eigenvalue weighted by molar-refractivity contribution is -0.149. The summed E-state index contributed by atoms with van der Waals surface area (Å²) in [5, 5.41) is 3.01. The SMILES string of the molecule is CCOC(=O)C1CCC(NC(=O)c2cccc(N)c2)CC1.Cl. The van der Waals surface area contributed by atoms with E-state index in [0.717, 1.165) is 25.7 Å². The molecule has 0 spiro atoms. The third kappa shape index (κ3) is 4.91. The number of ether oxygens (including phenoxy) is 1. The molecule has 1 aromatic carbocycles. The van der Waals surface area contributed by atoms with Gasteiger partial charge < -0.3 is 15.8 Å². The fourth-order valence-electron chi connectivity index (χ4n) is 2.68. The number of benzene rings is 1. The number of hydrogen-bond donors (Lipinski definition) is 2. The number of carbonyl (C=O) groups is 2. The highest BCUT2D eigenvalue weighted by atomic mass is 35.5. The molecule has 0 aliphatic heterocycles. The van der Waals surface area contributed by atoms with Gasteiger partial charge in [-0.05, 0) is 50.8 Å². The van der Waals surface area contributed by atoms with E-state index in [1.54, 1.807) is 24.3 Å². The van der Waals surface area contributed by atoms with Crippen molar-refractivity contribution in [2.24, 2.45) is 5.92 Å². The molecule has 22 heavy (non-hydrogen) atoms. The fourth-order valence-corrected chi connectivity index (χ4v) is 2.68. The Labute approximate surface area is 137 Å². The zero-order valence-electron chi connectivity index (χ0n) is 12.7. The van der Waals surface area contributed by atoms with Crippen molar-refractivity contribution in [1.29, 1.82) is 0 Å². The van der Waals surface area contributed by atoms with Gasteiger partial charge >= 0.3 is 5.97 Å². The summed E-state index contributed by atoms with van der Waals surface area (Å²) in [6.45, 7) is 2.24. The van der Waals surface area contributed by atoms with Crippen LogP contribution < -0.4 is 11.1 Å². The Morgan fingerprint density at radius 3 is 2.55 bits per heavy atom. The van der Waals surface area contributed by atoms with Gasteiger partial charge in [0.05, 0.1) is 12.5 Å². The quantitative estimate of drug-likeness (QED) is 0.658. The third-order valence-corrected chi connectivity index (χ3v) is 3.83. The van der Waals surface area contributed by atoms with Crippen molar-refractivity contribution in [3.05, 3.63) is 29.8 Å². The van der Waals surface area contributed by atoms with E-state index in [4.69, 9.17) is 10.5 Å². The zero-order valence-corrected chi connectivity index (χ0v) is 13.5. The van der Waals surface area contributed by atoms with E-state index in [1.165, 1.54) is 0 Å². The number of amides is 1.